The predicted molar refractivity (Wildman–Crippen MR) is 526 cm³/mol. The summed E-state index contributed by atoms with van der Waals surface area (Å²) in [6.45, 7) is 26.3. The van der Waals surface area contributed by atoms with Gasteiger partial charge in [-0.3, -0.25) is 43.1 Å². The van der Waals surface area contributed by atoms with Crippen molar-refractivity contribution in [2.24, 2.45) is 4.99 Å². The van der Waals surface area contributed by atoms with Crippen molar-refractivity contribution >= 4 is 51.1 Å². The first-order chi connectivity index (χ1) is 59.4. The molecule has 18 heteroatoms. The largest absolute Gasteiger partial charge is 1.00 e. The number of amidine groups is 3. The summed E-state index contributed by atoms with van der Waals surface area (Å²) in [7, 11) is 4.38. The Balaban J connectivity index is 0. The zero-order chi connectivity index (χ0) is 89.5. The third-order valence-electron chi connectivity index (χ3n) is 23.7. The molecular weight excluding hydrogens is 1560 g/mol. The molecule has 708 valence electrons. The fraction of sp³-hybridized carbons (Fsp3) is 0.819. The Labute approximate surface area is 782 Å². The van der Waals surface area contributed by atoms with Gasteiger partial charge in [0.05, 0.1) is 56.2 Å². The van der Waals surface area contributed by atoms with E-state index in [1.807, 2.05) is 0 Å². The van der Waals surface area contributed by atoms with E-state index in [0.29, 0.717) is 50.3 Å². The molecule has 1 atom stereocenters. The van der Waals surface area contributed by atoms with Gasteiger partial charge in [0.15, 0.2) is 0 Å². The number of Topliss-reactive ketones (excluding diaryl/α,β-unsaturated/α-hetero) is 2. The minimum Gasteiger partial charge on any atom is -0.748 e. The van der Waals surface area contributed by atoms with Crippen LogP contribution in [0.25, 0.3) is 0 Å². The summed E-state index contributed by atoms with van der Waals surface area (Å²) in [5.74, 6) is 5.24. The van der Waals surface area contributed by atoms with Gasteiger partial charge in [-0.05, 0) is 213 Å². The number of ether oxygens (including phenoxy) is 1. The average Bonchev–Trinajstić information content (AvgIpc) is 1.75. The normalized spacial score (nSPS) is 14.0. The van der Waals surface area contributed by atoms with E-state index in [0.717, 1.165) is 226 Å². The zero-order valence-electron chi connectivity index (χ0n) is 82.6. The van der Waals surface area contributed by atoms with E-state index in [4.69, 9.17) is 4.74 Å². The van der Waals surface area contributed by atoms with Gasteiger partial charge in [-0.25, -0.2) is 8.42 Å². The summed E-state index contributed by atoms with van der Waals surface area (Å²) in [5.41, 5.74) is 0. The van der Waals surface area contributed by atoms with Crippen LogP contribution in [0.5, 0.6) is 0 Å². The Kier molecular flexibility index (Phi) is 89.9. The Bertz CT molecular complexity index is 2890. The second-order valence-corrected chi connectivity index (χ2v) is 36.9. The molecular formula is C105H195N8NaO8S+2. The molecule has 0 saturated carbocycles. The molecule has 16 nitrogen and oxygen atoms in total. The number of allylic oxidation sites excluding steroid dienone is 12. The number of hydrogen-bond acceptors (Lipinski definition) is 13. The van der Waals surface area contributed by atoms with E-state index >= 15 is 0 Å². The van der Waals surface area contributed by atoms with Gasteiger partial charge in [-0.2, -0.15) is 0 Å². The van der Waals surface area contributed by atoms with Crippen LogP contribution in [0.2, 0.25) is 0 Å². The van der Waals surface area contributed by atoms with Crippen LogP contribution in [-0.2, 0) is 34.0 Å². The molecule has 0 radical (unpaired) electrons. The van der Waals surface area contributed by atoms with Crippen LogP contribution in [0.3, 0.4) is 0 Å². The molecule has 0 bridgehead atoms. The molecule has 0 fully saturated rings. The van der Waals surface area contributed by atoms with Crippen LogP contribution >= 0.6 is 0 Å². The third kappa shape index (κ3) is 78.7. The first-order valence-corrected chi connectivity index (χ1v) is 52.8. The fourth-order valence-corrected chi connectivity index (χ4v) is 17.0. The standard InChI is InChI=1S/C30H56N2O4S.C30H55N2O.C28H50N2O2.C17H34N2O.Na/c1-4-6-7-8-9-10-11-14-17-21-28(33)22-20-25-32-27-26-31(3)30(32)24-19-16-13-12-15-18-23-29(5-2)37(34,35)36;1-4-6-8-10-12-14-16-18-20-23-29(33)24-22-26-32-28-27-31(3)30(32)25-21-19-17-15-13-11-9-7-5-2;1-3-5-7-9-11-13-15-17-19-21-27-29-23-24-30(27)25-26-32-28(31)22-20-18-16-14-12-10-8-6-4-2;1-4-5-6-7-8-9-10-11-12-14-17(20)18-15-13-16-19(2)3;/h6-7,29H,4-5,8-27H2,1-3H3;6-9H,4-5,10-28H2,1-3H3;5-8H,3-4,9-26H2,1-2H3;5-6H,4,7-16H2,1-3H3,(H,18,20);/q;+1;;;+1/b7-6+;8-6+,9-7+;7-5+,8-6+;6-5+;. The second kappa shape index (κ2) is 91.3. The van der Waals surface area contributed by atoms with E-state index in [-0.39, 0.29) is 41.4 Å². The van der Waals surface area contributed by atoms with Crippen molar-refractivity contribution in [2.75, 3.05) is 107 Å². The summed E-state index contributed by atoms with van der Waals surface area (Å²) in [6, 6.07) is 0. The molecule has 3 aliphatic rings. The van der Waals surface area contributed by atoms with Gasteiger partial charge in [-0.15, -0.1) is 0 Å². The monoisotopic (exact) mass is 1750 g/mol. The Hall–Kier alpha value is -4.00. The fourth-order valence-electron chi connectivity index (χ4n) is 16.1. The van der Waals surface area contributed by atoms with Crippen LogP contribution in [0.15, 0.2) is 77.9 Å². The maximum atomic E-state index is 12.3. The molecule has 0 aromatic heterocycles. The Morgan fingerprint density at radius 1 is 0.415 bits per heavy atom. The van der Waals surface area contributed by atoms with Crippen molar-refractivity contribution in [3.8, 4) is 0 Å². The number of likely N-dealkylation sites (N-methyl/N-ethyl adjacent to an activating group) is 2. The van der Waals surface area contributed by atoms with Crippen molar-refractivity contribution in [1.82, 2.24) is 24.9 Å². The molecule has 0 aliphatic carbocycles. The average molecular weight is 1750 g/mol. The number of esters is 1. The first-order valence-electron chi connectivity index (χ1n) is 51.3. The van der Waals surface area contributed by atoms with Gasteiger partial charge in [0.1, 0.15) is 44.4 Å². The Morgan fingerprint density at radius 2 is 0.748 bits per heavy atom. The van der Waals surface area contributed by atoms with Crippen molar-refractivity contribution in [3.63, 3.8) is 0 Å². The van der Waals surface area contributed by atoms with Crippen molar-refractivity contribution < 1.29 is 75.6 Å². The first kappa shape index (κ1) is 121. The van der Waals surface area contributed by atoms with Crippen LogP contribution in [0.1, 0.15) is 447 Å². The number of amides is 1. The van der Waals surface area contributed by atoms with E-state index in [1.165, 1.54) is 229 Å². The Morgan fingerprint density at radius 3 is 1.11 bits per heavy atom. The maximum Gasteiger partial charge on any atom is 1.00 e. The molecule has 3 aliphatic heterocycles. The number of carbonyl (C=O) groups is 4. The summed E-state index contributed by atoms with van der Waals surface area (Å²) in [5, 5.41) is 2.28. The molecule has 0 aromatic rings. The number of rotatable bonds is 80. The molecule has 0 aromatic carbocycles. The topological polar surface area (TPSA) is 178 Å². The van der Waals surface area contributed by atoms with Gasteiger partial charge >= 0.3 is 35.5 Å². The van der Waals surface area contributed by atoms with Crippen LogP contribution in [0, 0.1) is 0 Å². The number of ketones is 2. The van der Waals surface area contributed by atoms with Crippen molar-refractivity contribution in [3.05, 3.63) is 72.9 Å². The van der Waals surface area contributed by atoms with Gasteiger partial charge in [-0.1, -0.05) is 269 Å². The predicted octanol–water partition coefficient (Wildman–Crippen LogP) is 23.3. The van der Waals surface area contributed by atoms with E-state index in [9.17, 15) is 32.1 Å². The summed E-state index contributed by atoms with van der Waals surface area (Å²) >= 11 is 0. The van der Waals surface area contributed by atoms with Gasteiger partial charge < -0.3 is 24.4 Å². The number of nitrogens with one attached hydrogen (secondary N) is 1. The number of carbonyl (C=O) groups excluding carboxylic acids is 4. The molecule has 0 saturated heterocycles. The van der Waals surface area contributed by atoms with Crippen LogP contribution in [0.4, 0.5) is 0 Å². The molecule has 3 heterocycles. The minimum atomic E-state index is -4.14. The van der Waals surface area contributed by atoms with Gasteiger partial charge in [0.25, 0.3) is 0 Å². The summed E-state index contributed by atoms with van der Waals surface area (Å²) in [6.07, 6.45) is 96.7. The van der Waals surface area contributed by atoms with E-state index in [2.05, 4.69) is 182 Å². The minimum absolute atomic E-state index is 0. The smallest absolute Gasteiger partial charge is 0.748 e. The summed E-state index contributed by atoms with van der Waals surface area (Å²) < 4.78 is 43.8. The van der Waals surface area contributed by atoms with Crippen LogP contribution in [-0.4, -0.2) is 195 Å². The van der Waals surface area contributed by atoms with Crippen LogP contribution < -0.4 is 34.9 Å². The number of nitrogens with zero attached hydrogens (tertiary/aromatic N) is 7. The number of unbranched alkanes of at least 4 members (excludes halogenated alkanes) is 35. The third-order valence-corrected chi connectivity index (χ3v) is 25.1. The van der Waals surface area contributed by atoms with E-state index in [1.54, 1.807) is 6.92 Å². The quantitative estimate of drug-likeness (QED) is 0.0152. The van der Waals surface area contributed by atoms with E-state index < -0.39 is 15.4 Å². The SMILES string of the molecule is CC/C=C/CCCCCCCC(=O)CCCN1CC[N+](C)=C1CCCCCCC/C=C/CC.CC/C=C/CCCCCCCC(=O)CCCN1CC[N+](C)=C1CCCCCCCCC(CC)S(=O)(=O)[O-].CC/C=C/CCCCCCCC(=O)NCCCN(C)C.CC/C=C/CCCCCCCC(=O)OCCN1CCN=C1CCCCCCC/C=C/CC.[Na+]. The van der Waals surface area contributed by atoms with Crippen molar-refractivity contribution in [1.29, 1.82) is 0 Å². The molecule has 123 heavy (non-hydrogen) atoms. The van der Waals surface area contributed by atoms with Gasteiger partial charge in [0, 0.05) is 76.1 Å². The molecule has 3 rings (SSSR count). The molecule has 1 N–H and O–H groups in total. The zero-order valence-corrected chi connectivity index (χ0v) is 85.5. The molecule has 1 amide bonds. The number of hydrogen-bond donors (Lipinski definition) is 1. The summed E-state index contributed by atoms with van der Waals surface area (Å²) in [4.78, 5) is 62.3. The maximum absolute atomic E-state index is 12.3. The molecule has 0 spiro atoms. The van der Waals surface area contributed by atoms with Crippen molar-refractivity contribution in [2.45, 2.75) is 452 Å². The van der Waals surface area contributed by atoms with Gasteiger partial charge in [0.2, 0.25) is 17.6 Å². The number of aliphatic imine (C=N–C) groups is 1. The second-order valence-electron chi connectivity index (χ2n) is 35.2. The molecule has 1 unspecified atom stereocenters.